The van der Waals surface area contributed by atoms with Crippen LogP contribution in [0.25, 0.3) is 0 Å². The van der Waals surface area contributed by atoms with Gasteiger partial charge in [0, 0.05) is 5.69 Å². The lowest BCUT2D eigenvalue weighted by molar-refractivity contribution is -0.114. The van der Waals surface area contributed by atoms with Crippen molar-refractivity contribution in [3.63, 3.8) is 0 Å². The van der Waals surface area contributed by atoms with E-state index in [4.69, 9.17) is 16.3 Å². The second kappa shape index (κ2) is 10.7. The lowest BCUT2D eigenvalue weighted by Gasteiger charge is -2.26. The minimum Gasteiger partial charge on any atom is -0.462 e. The Morgan fingerprint density at radius 1 is 1.00 bits per heavy atom. The largest absolute Gasteiger partial charge is 0.462 e. The number of anilines is 2. The Kier molecular flexibility index (Phi) is 7.96. The van der Waals surface area contributed by atoms with Crippen molar-refractivity contribution in [1.82, 2.24) is 0 Å². The fraction of sp³-hybridized carbons (Fsp3) is 0.200. The number of sulfonamides is 1. The molecule has 0 atom stereocenters. The molecule has 3 aromatic carbocycles. The molecule has 0 saturated carbocycles. The smallest absolute Gasteiger partial charge is 0.339 e. The molecule has 9 heteroatoms. The predicted molar refractivity (Wildman–Crippen MR) is 133 cm³/mol. The number of aryl methyl sites for hydroxylation is 1. The van der Waals surface area contributed by atoms with E-state index in [2.05, 4.69) is 5.32 Å². The van der Waals surface area contributed by atoms with Crippen molar-refractivity contribution >= 4 is 44.9 Å². The van der Waals surface area contributed by atoms with E-state index in [0.717, 1.165) is 15.4 Å². The first-order chi connectivity index (χ1) is 16.1. The van der Waals surface area contributed by atoms with Crippen LogP contribution < -0.4 is 9.62 Å². The maximum atomic E-state index is 13.5. The summed E-state index contributed by atoms with van der Waals surface area (Å²) in [7, 11) is -4.03. The molecule has 0 aliphatic heterocycles. The zero-order chi connectivity index (χ0) is 24.9. The van der Waals surface area contributed by atoms with E-state index in [9.17, 15) is 18.0 Å². The van der Waals surface area contributed by atoms with Gasteiger partial charge in [-0.1, -0.05) is 41.9 Å². The van der Waals surface area contributed by atoms with Crippen LogP contribution in [-0.2, 0) is 19.6 Å². The van der Waals surface area contributed by atoms with Gasteiger partial charge in [-0.3, -0.25) is 9.10 Å². The van der Waals surface area contributed by atoms with E-state index in [1.807, 2.05) is 19.9 Å². The summed E-state index contributed by atoms with van der Waals surface area (Å²) in [5.74, 6) is -1.14. The van der Waals surface area contributed by atoms with Gasteiger partial charge in [-0.2, -0.15) is 0 Å². The van der Waals surface area contributed by atoms with Crippen molar-refractivity contribution in [2.75, 3.05) is 22.8 Å². The third kappa shape index (κ3) is 5.58. The van der Waals surface area contributed by atoms with Gasteiger partial charge in [0.25, 0.3) is 10.0 Å². The number of esters is 1. The Balaban J connectivity index is 1.91. The first kappa shape index (κ1) is 25.3. The second-order valence-electron chi connectivity index (χ2n) is 7.51. The summed E-state index contributed by atoms with van der Waals surface area (Å²) in [5.41, 5.74) is 2.55. The van der Waals surface area contributed by atoms with Crippen LogP contribution in [0.15, 0.2) is 71.6 Å². The summed E-state index contributed by atoms with van der Waals surface area (Å²) >= 11 is 6.18. The number of amides is 1. The molecule has 3 aromatic rings. The number of hydrogen-bond donors (Lipinski definition) is 1. The number of carbonyl (C=O) groups is 2. The van der Waals surface area contributed by atoms with Crippen molar-refractivity contribution < 1.29 is 22.7 Å². The van der Waals surface area contributed by atoms with E-state index < -0.39 is 28.4 Å². The summed E-state index contributed by atoms with van der Waals surface area (Å²) in [6.07, 6.45) is 0. The molecule has 0 bridgehead atoms. The molecule has 0 aromatic heterocycles. The molecule has 1 N–H and O–H groups in total. The van der Waals surface area contributed by atoms with Crippen LogP contribution in [0.5, 0.6) is 0 Å². The second-order valence-corrected chi connectivity index (χ2v) is 9.78. The Morgan fingerprint density at radius 2 is 1.71 bits per heavy atom. The van der Waals surface area contributed by atoms with Crippen molar-refractivity contribution in [1.29, 1.82) is 0 Å². The Morgan fingerprint density at radius 3 is 2.35 bits per heavy atom. The SMILES string of the molecule is CCOC(=O)c1ccc(NC(=O)CN(c2cccc(C)c2C)S(=O)(=O)c2ccccc2)cc1Cl. The molecular formula is C25H25ClN2O5S. The number of carbonyl (C=O) groups excluding carboxylic acids is 2. The summed E-state index contributed by atoms with van der Waals surface area (Å²) in [5, 5.41) is 2.77. The zero-order valence-electron chi connectivity index (χ0n) is 19.0. The lowest BCUT2D eigenvalue weighted by atomic mass is 10.1. The van der Waals surface area contributed by atoms with Gasteiger partial charge in [-0.05, 0) is 68.3 Å². The van der Waals surface area contributed by atoms with E-state index in [-0.39, 0.29) is 22.1 Å². The van der Waals surface area contributed by atoms with Crippen LogP contribution >= 0.6 is 11.6 Å². The number of benzene rings is 3. The number of nitrogens with one attached hydrogen (secondary N) is 1. The molecule has 3 rings (SSSR count). The minimum atomic E-state index is -4.03. The minimum absolute atomic E-state index is 0.0746. The average molecular weight is 501 g/mol. The van der Waals surface area contributed by atoms with E-state index in [1.54, 1.807) is 37.3 Å². The molecule has 0 fully saturated rings. The summed E-state index contributed by atoms with van der Waals surface area (Å²) < 4.78 is 33.0. The molecule has 0 spiro atoms. The average Bonchev–Trinajstić information content (AvgIpc) is 2.80. The summed E-state index contributed by atoms with van der Waals surface area (Å²) in [6, 6.07) is 17.6. The molecule has 7 nitrogen and oxygen atoms in total. The predicted octanol–water partition coefficient (Wildman–Crippen LogP) is 4.97. The van der Waals surface area contributed by atoms with Gasteiger partial charge in [0.05, 0.1) is 27.8 Å². The summed E-state index contributed by atoms with van der Waals surface area (Å²) in [6.45, 7) is 5.12. The van der Waals surface area contributed by atoms with Gasteiger partial charge in [0.1, 0.15) is 6.54 Å². The van der Waals surface area contributed by atoms with Gasteiger partial charge < -0.3 is 10.1 Å². The summed E-state index contributed by atoms with van der Waals surface area (Å²) in [4.78, 5) is 25.0. The van der Waals surface area contributed by atoms with Crippen LogP contribution in [0, 0.1) is 13.8 Å². The van der Waals surface area contributed by atoms with Crippen LogP contribution in [0.2, 0.25) is 5.02 Å². The molecule has 0 radical (unpaired) electrons. The highest BCUT2D eigenvalue weighted by atomic mass is 35.5. The van der Waals surface area contributed by atoms with Gasteiger partial charge in [0.15, 0.2) is 0 Å². The molecule has 0 aliphatic carbocycles. The highest BCUT2D eigenvalue weighted by Crippen LogP contribution is 2.29. The maximum absolute atomic E-state index is 13.5. The molecular weight excluding hydrogens is 476 g/mol. The van der Waals surface area contributed by atoms with Crippen molar-refractivity contribution in [2.45, 2.75) is 25.7 Å². The van der Waals surface area contributed by atoms with Crippen molar-refractivity contribution in [3.05, 3.63) is 88.4 Å². The molecule has 178 valence electrons. The molecule has 34 heavy (non-hydrogen) atoms. The standard InChI is InChI=1S/C25H25ClN2O5S/c1-4-33-25(30)21-14-13-19(15-22(21)26)27-24(29)16-28(23-12-8-9-17(2)18(23)3)34(31,32)20-10-6-5-7-11-20/h5-15H,4,16H2,1-3H3,(H,27,29). The maximum Gasteiger partial charge on any atom is 0.339 e. The Bertz CT molecular complexity index is 1310. The third-order valence-corrected chi connectivity index (χ3v) is 7.30. The molecule has 0 unspecified atom stereocenters. The zero-order valence-corrected chi connectivity index (χ0v) is 20.6. The third-order valence-electron chi connectivity index (χ3n) is 5.21. The number of rotatable bonds is 8. The molecule has 0 aliphatic rings. The molecule has 0 saturated heterocycles. The van der Waals surface area contributed by atoms with E-state index >= 15 is 0 Å². The highest BCUT2D eigenvalue weighted by molar-refractivity contribution is 7.92. The van der Waals surface area contributed by atoms with Crippen LogP contribution in [0.1, 0.15) is 28.4 Å². The molecule has 0 heterocycles. The highest BCUT2D eigenvalue weighted by Gasteiger charge is 2.28. The fourth-order valence-corrected chi connectivity index (χ4v) is 5.08. The first-order valence-electron chi connectivity index (χ1n) is 10.6. The van der Waals surface area contributed by atoms with Crippen LogP contribution in [0.3, 0.4) is 0 Å². The first-order valence-corrected chi connectivity index (χ1v) is 12.4. The van der Waals surface area contributed by atoms with Gasteiger partial charge in [0.2, 0.25) is 5.91 Å². The quantitative estimate of drug-likeness (QED) is 0.441. The van der Waals surface area contributed by atoms with Crippen molar-refractivity contribution in [3.8, 4) is 0 Å². The fourth-order valence-electron chi connectivity index (χ4n) is 3.32. The number of hydrogen-bond acceptors (Lipinski definition) is 5. The van der Waals surface area contributed by atoms with Crippen LogP contribution in [-0.4, -0.2) is 33.4 Å². The lowest BCUT2D eigenvalue weighted by Crippen LogP contribution is -2.38. The van der Waals surface area contributed by atoms with Gasteiger partial charge >= 0.3 is 5.97 Å². The monoisotopic (exact) mass is 500 g/mol. The topological polar surface area (TPSA) is 92.8 Å². The number of ether oxygens (including phenoxy) is 1. The normalized spacial score (nSPS) is 11.1. The van der Waals surface area contributed by atoms with Gasteiger partial charge in [-0.25, -0.2) is 13.2 Å². The van der Waals surface area contributed by atoms with Crippen molar-refractivity contribution in [2.24, 2.45) is 0 Å². The number of halogens is 1. The van der Waals surface area contributed by atoms with E-state index in [0.29, 0.717) is 11.4 Å². The molecule has 1 amide bonds. The Labute approximate surface area is 204 Å². The number of nitrogens with zero attached hydrogens (tertiary/aromatic N) is 1. The van der Waals surface area contributed by atoms with Gasteiger partial charge in [-0.15, -0.1) is 0 Å². The van der Waals surface area contributed by atoms with Crippen LogP contribution in [0.4, 0.5) is 11.4 Å². The Hall–Kier alpha value is -3.36. The van der Waals surface area contributed by atoms with E-state index in [1.165, 1.54) is 30.3 Å².